The van der Waals surface area contributed by atoms with Crippen molar-refractivity contribution in [3.05, 3.63) is 0 Å². The number of carbonyl (C=O) groups excluding carboxylic acids is 1. The summed E-state index contributed by atoms with van der Waals surface area (Å²) in [7, 11) is 0. The standard InChI is InChI=1S/C5H6Br2O3/c6-2-4(8)3(7)1-5(9)10/h3H,1-2H2,(H,9,10)/t3-/m1/s1. The lowest BCUT2D eigenvalue weighted by atomic mass is 10.2. The quantitative estimate of drug-likeness (QED) is 0.783. The van der Waals surface area contributed by atoms with Gasteiger partial charge in [-0.2, -0.15) is 0 Å². The first kappa shape index (κ1) is 10.1. The van der Waals surface area contributed by atoms with Crippen LogP contribution in [0.4, 0.5) is 0 Å². The summed E-state index contributed by atoms with van der Waals surface area (Å²) in [6.07, 6.45) is -0.162. The number of ketones is 1. The zero-order valence-electron chi connectivity index (χ0n) is 5.01. The molecule has 0 spiro atoms. The minimum atomic E-state index is -0.976. The topological polar surface area (TPSA) is 54.4 Å². The zero-order chi connectivity index (χ0) is 8.15. The van der Waals surface area contributed by atoms with Gasteiger partial charge in [-0.15, -0.1) is 0 Å². The molecule has 1 N–H and O–H groups in total. The zero-order valence-corrected chi connectivity index (χ0v) is 8.18. The number of hydrogen-bond donors (Lipinski definition) is 1. The van der Waals surface area contributed by atoms with Crippen LogP contribution in [-0.2, 0) is 9.59 Å². The Hall–Kier alpha value is 0.1000. The highest BCUT2D eigenvalue weighted by atomic mass is 79.9. The molecule has 0 rings (SSSR count). The van der Waals surface area contributed by atoms with Gasteiger partial charge in [0.05, 0.1) is 16.6 Å². The maximum absolute atomic E-state index is 10.7. The number of halogens is 2. The summed E-state index contributed by atoms with van der Waals surface area (Å²) >= 11 is 5.88. The summed E-state index contributed by atoms with van der Waals surface area (Å²) in [5.41, 5.74) is 0. The van der Waals surface area contributed by atoms with E-state index in [-0.39, 0.29) is 17.5 Å². The summed E-state index contributed by atoms with van der Waals surface area (Å²) in [4.78, 5) is 20.2. The molecule has 0 heterocycles. The van der Waals surface area contributed by atoms with E-state index in [4.69, 9.17) is 5.11 Å². The Bertz CT molecular complexity index is 146. The predicted octanol–water partition coefficient (Wildman–Crippen LogP) is 1.19. The highest BCUT2D eigenvalue weighted by Gasteiger charge is 2.16. The number of aliphatic carboxylic acids is 1. The summed E-state index contributed by atoms with van der Waals surface area (Å²) < 4.78 is 0. The largest absolute Gasteiger partial charge is 0.481 e. The number of rotatable bonds is 4. The van der Waals surface area contributed by atoms with E-state index in [1.807, 2.05) is 0 Å². The normalized spacial score (nSPS) is 12.6. The van der Waals surface area contributed by atoms with E-state index in [0.29, 0.717) is 0 Å². The van der Waals surface area contributed by atoms with Crippen LogP contribution >= 0.6 is 31.9 Å². The van der Waals surface area contributed by atoms with Gasteiger partial charge in [0.15, 0.2) is 5.78 Å². The second kappa shape index (κ2) is 4.85. The van der Waals surface area contributed by atoms with Crippen molar-refractivity contribution < 1.29 is 14.7 Å². The molecular weight excluding hydrogens is 268 g/mol. The molecule has 5 heteroatoms. The van der Waals surface area contributed by atoms with E-state index in [1.54, 1.807) is 0 Å². The van der Waals surface area contributed by atoms with Gasteiger partial charge < -0.3 is 5.11 Å². The molecule has 0 aromatic heterocycles. The average Bonchev–Trinajstić information content (AvgIpc) is 1.85. The van der Waals surface area contributed by atoms with Crippen molar-refractivity contribution >= 4 is 43.6 Å². The van der Waals surface area contributed by atoms with E-state index >= 15 is 0 Å². The molecule has 0 aliphatic heterocycles. The summed E-state index contributed by atoms with van der Waals surface area (Å²) in [6.45, 7) is 0. The van der Waals surface area contributed by atoms with Crippen LogP contribution in [0.2, 0.25) is 0 Å². The first-order valence-corrected chi connectivity index (χ1v) is 4.56. The van der Waals surface area contributed by atoms with Gasteiger partial charge in [-0.05, 0) is 0 Å². The number of hydrogen-bond acceptors (Lipinski definition) is 2. The SMILES string of the molecule is O=C(O)C[C@@H](Br)C(=O)CBr. The molecule has 0 saturated carbocycles. The third-order valence-electron chi connectivity index (χ3n) is 0.835. The van der Waals surface area contributed by atoms with Crippen LogP contribution in [-0.4, -0.2) is 27.0 Å². The Kier molecular flexibility index (Phi) is 4.89. The molecule has 0 amide bonds. The molecule has 0 aliphatic carbocycles. The van der Waals surface area contributed by atoms with Crippen molar-refractivity contribution in [2.24, 2.45) is 0 Å². The Balaban J connectivity index is 3.72. The molecule has 0 radical (unpaired) electrons. The molecule has 0 fully saturated rings. The first-order valence-electron chi connectivity index (χ1n) is 2.52. The highest BCUT2D eigenvalue weighted by molar-refractivity contribution is 9.10. The van der Waals surface area contributed by atoms with Crippen molar-refractivity contribution in [2.45, 2.75) is 11.2 Å². The number of carboxylic acids is 1. The van der Waals surface area contributed by atoms with E-state index in [0.717, 1.165) is 0 Å². The molecule has 0 bridgehead atoms. The lowest BCUT2D eigenvalue weighted by Gasteiger charge is -2.00. The fourth-order valence-corrected chi connectivity index (χ4v) is 1.61. The smallest absolute Gasteiger partial charge is 0.304 e. The third kappa shape index (κ3) is 4.00. The van der Waals surface area contributed by atoms with E-state index in [2.05, 4.69) is 31.9 Å². The van der Waals surface area contributed by atoms with Crippen molar-refractivity contribution in [3.8, 4) is 0 Å². The van der Waals surface area contributed by atoms with Gasteiger partial charge in [-0.25, -0.2) is 0 Å². The van der Waals surface area contributed by atoms with Crippen LogP contribution in [0, 0.1) is 0 Å². The van der Waals surface area contributed by atoms with Gasteiger partial charge in [-0.1, -0.05) is 31.9 Å². The Morgan fingerprint density at radius 1 is 1.50 bits per heavy atom. The number of carbonyl (C=O) groups is 2. The Labute approximate surface area is 75.1 Å². The molecule has 1 atom stereocenters. The van der Waals surface area contributed by atoms with Crippen molar-refractivity contribution in [1.29, 1.82) is 0 Å². The molecule has 58 valence electrons. The second-order valence-electron chi connectivity index (χ2n) is 1.67. The summed E-state index contributed by atoms with van der Waals surface area (Å²) in [6, 6.07) is 0. The van der Waals surface area contributed by atoms with Crippen molar-refractivity contribution in [1.82, 2.24) is 0 Å². The maximum atomic E-state index is 10.7. The first-order chi connectivity index (χ1) is 4.57. The van der Waals surface area contributed by atoms with Gasteiger partial charge in [0.25, 0.3) is 0 Å². The van der Waals surface area contributed by atoms with Gasteiger partial charge in [-0.3, -0.25) is 9.59 Å². The van der Waals surface area contributed by atoms with Crippen molar-refractivity contribution in [2.75, 3.05) is 5.33 Å². The molecular formula is C5H6Br2O3. The highest BCUT2D eigenvalue weighted by Crippen LogP contribution is 2.07. The monoisotopic (exact) mass is 272 g/mol. The molecule has 0 aliphatic rings. The van der Waals surface area contributed by atoms with Crippen LogP contribution in [0.1, 0.15) is 6.42 Å². The van der Waals surface area contributed by atoms with Crippen LogP contribution in [0.25, 0.3) is 0 Å². The third-order valence-corrected chi connectivity index (χ3v) is 2.22. The fraction of sp³-hybridized carbons (Fsp3) is 0.600. The van der Waals surface area contributed by atoms with Crippen LogP contribution < -0.4 is 0 Å². The molecule has 0 aromatic carbocycles. The Morgan fingerprint density at radius 3 is 2.30 bits per heavy atom. The van der Waals surface area contributed by atoms with Crippen LogP contribution in [0.3, 0.4) is 0 Å². The van der Waals surface area contributed by atoms with Gasteiger partial charge in [0.2, 0.25) is 0 Å². The van der Waals surface area contributed by atoms with Crippen LogP contribution in [0.5, 0.6) is 0 Å². The maximum Gasteiger partial charge on any atom is 0.304 e. The van der Waals surface area contributed by atoms with Crippen LogP contribution in [0.15, 0.2) is 0 Å². The lowest BCUT2D eigenvalue weighted by Crippen LogP contribution is -2.18. The Morgan fingerprint density at radius 2 is 2.00 bits per heavy atom. The van der Waals surface area contributed by atoms with Gasteiger partial charge in [0, 0.05) is 0 Å². The molecule has 0 aromatic rings. The van der Waals surface area contributed by atoms with Gasteiger partial charge in [0.1, 0.15) is 0 Å². The van der Waals surface area contributed by atoms with E-state index < -0.39 is 10.8 Å². The lowest BCUT2D eigenvalue weighted by molar-refractivity contribution is -0.138. The fourth-order valence-electron chi connectivity index (χ4n) is 0.351. The molecule has 10 heavy (non-hydrogen) atoms. The predicted molar refractivity (Wildman–Crippen MR) is 43.8 cm³/mol. The average molecular weight is 274 g/mol. The van der Waals surface area contributed by atoms with Gasteiger partial charge >= 0.3 is 5.97 Å². The second-order valence-corrected chi connectivity index (χ2v) is 3.33. The minimum Gasteiger partial charge on any atom is -0.481 e. The number of Topliss-reactive ketones (excluding diaryl/α,β-unsaturated/α-hetero) is 1. The minimum absolute atomic E-state index is 0.151. The summed E-state index contributed by atoms with van der Waals surface area (Å²) in [5, 5.41) is 8.42. The van der Waals surface area contributed by atoms with E-state index in [9.17, 15) is 9.59 Å². The van der Waals surface area contributed by atoms with Crippen molar-refractivity contribution in [3.63, 3.8) is 0 Å². The number of alkyl halides is 2. The summed E-state index contributed by atoms with van der Waals surface area (Å²) in [5.74, 6) is -1.13. The molecule has 0 unspecified atom stereocenters. The van der Waals surface area contributed by atoms with E-state index in [1.165, 1.54) is 0 Å². The molecule has 3 nitrogen and oxygen atoms in total. The number of carboxylic acid groups (broad SMARTS) is 1. The molecule has 0 saturated heterocycles.